The summed E-state index contributed by atoms with van der Waals surface area (Å²) in [6.07, 6.45) is 2.28. The number of methoxy groups -OCH3 is 1. The Labute approximate surface area is 225 Å². The maximum atomic E-state index is 13.5. The Bertz CT molecular complexity index is 1560. The Morgan fingerprint density at radius 3 is 2.41 bits per heavy atom. The highest BCUT2D eigenvalue weighted by molar-refractivity contribution is 7.89. The lowest BCUT2D eigenvalue weighted by Crippen LogP contribution is -2.26. The van der Waals surface area contributed by atoms with Crippen molar-refractivity contribution in [3.63, 3.8) is 0 Å². The summed E-state index contributed by atoms with van der Waals surface area (Å²) in [5.74, 6) is 0.678. The van der Waals surface area contributed by atoms with Gasteiger partial charge in [0.1, 0.15) is 5.75 Å². The molecule has 0 atom stereocenters. The van der Waals surface area contributed by atoms with Crippen LogP contribution >= 0.6 is 0 Å². The molecule has 4 aromatic rings. The summed E-state index contributed by atoms with van der Waals surface area (Å²) >= 11 is 0. The first-order valence-corrected chi connectivity index (χ1v) is 13.8. The zero-order valence-corrected chi connectivity index (χ0v) is 22.2. The van der Waals surface area contributed by atoms with Crippen LogP contribution in [0.1, 0.15) is 41.3 Å². The van der Waals surface area contributed by atoms with Crippen LogP contribution in [0.3, 0.4) is 0 Å². The number of ether oxygens (including phenoxy) is 1. The molecule has 0 saturated heterocycles. The predicted octanol–water partition coefficient (Wildman–Crippen LogP) is 5.72. The van der Waals surface area contributed by atoms with Crippen molar-refractivity contribution in [2.24, 2.45) is 0 Å². The Kier molecular flexibility index (Phi) is 7.21. The maximum absolute atomic E-state index is 13.5. The predicted molar refractivity (Wildman–Crippen MR) is 140 cm³/mol. The minimum absolute atomic E-state index is 0.0959. The van der Waals surface area contributed by atoms with E-state index < -0.39 is 21.8 Å². The second kappa shape index (κ2) is 10.5. The number of hydrogen-bond donors (Lipinski definition) is 0. The first-order chi connectivity index (χ1) is 18.5. The molecule has 1 fully saturated rings. The molecule has 11 heteroatoms. The molecular weight excluding hydrogens is 529 g/mol. The van der Waals surface area contributed by atoms with Gasteiger partial charge in [0.05, 0.1) is 29.6 Å². The van der Waals surface area contributed by atoms with Crippen molar-refractivity contribution >= 4 is 10.0 Å². The molecule has 0 unspecified atom stereocenters. The van der Waals surface area contributed by atoms with Gasteiger partial charge in [-0.2, -0.15) is 17.5 Å². The topological polar surface area (TPSA) is 77.3 Å². The smallest absolute Gasteiger partial charge is 0.417 e. The van der Waals surface area contributed by atoms with Crippen LogP contribution in [0.2, 0.25) is 0 Å². The second-order valence-electron chi connectivity index (χ2n) is 9.58. The number of halogens is 3. The van der Waals surface area contributed by atoms with Crippen molar-refractivity contribution in [2.75, 3.05) is 14.2 Å². The van der Waals surface area contributed by atoms with Crippen molar-refractivity contribution in [2.45, 2.75) is 42.9 Å². The summed E-state index contributed by atoms with van der Waals surface area (Å²) in [5.41, 5.74) is 2.30. The van der Waals surface area contributed by atoms with Gasteiger partial charge in [-0.1, -0.05) is 18.2 Å². The zero-order chi connectivity index (χ0) is 27.8. The first kappa shape index (κ1) is 26.9. The SMILES string of the molecule is COc1ccc(CN(C)S(=O)(=O)c2ccc(Cc3ccc(C(F)(F)F)cn3)c(-c3cn(C4CC4)cn3)c2)cc1. The monoisotopic (exact) mass is 556 g/mol. The number of benzene rings is 2. The van der Waals surface area contributed by atoms with Crippen LogP contribution in [0, 0.1) is 0 Å². The summed E-state index contributed by atoms with van der Waals surface area (Å²) in [6.45, 7) is 0.162. The van der Waals surface area contributed by atoms with Crippen molar-refractivity contribution in [3.05, 3.63) is 95.7 Å². The van der Waals surface area contributed by atoms with Gasteiger partial charge in [-0.05, 0) is 60.4 Å². The molecule has 7 nitrogen and oxygen atoms in total. The van der Waals surface area contributed by atoms with Crippen LogP contribution in [0.15, 0.2) is 78.2 Å². The molecule has 204 valence electrons. The lowest BCUT2D eigenvalue weighted by molar-refractivity contribution is -0.137. The number of nitrogens with zero attached hydrogens (tertiary/aromatic N) is 4. The van der Waals surface area contributed by atoms with E-state index in [4.69, 9.17) is 4.74 Å². The number of rotatable bonds is 9. The van der Waals surface area contributed by atoms with E-state index in [1.165, 1.54) is 23.5 Å². The van der Waals surface area contributed by atoms with Gasteiger partial charge < -0.3 is 9.30 Å². The number of hydrogen-bond acceptors (Lipinski definition) is 5. The average Bonchev–Trinajstić information content (AvgIpc) is 3.65. The molecule has 0 bridgehead atoms. The number of imidazole rings is 1. The highest BCUT2D eigenvalue weighted by Gasteiger charge is 2.31. The van der Waals surface area contributed by atoms with Gasteiger partial charge in [-0.15, -0.1) is 0 Å². The normalized spacial score (nSPS) is 14.1. The van der Waals surface area contributed by atoms with Crippen LogP contribution in [-0.2, 0) is 29.2 Å². The van der Waals surface area contributed by atoms with Crippen LogP contribution in [-0.4, -0.2) is 41.4 Å². The molecule has 0 aliphatic heterocycles. The molecular formula is C28H27F3N4O3S. The van der Waals surface area contributed by atoms with Crippen molar-refractivity contribution in [1.82, 2.24) is 18.8 Å². The lowest BCUT2D eigenvalue weighted by atomic mass is 10.0. The van der Waals surface area contributed by atoms with E-state index in [0.717, 1.165) is 30.7 Å². The molecule has 2 heterocycles. The second-order valence-corrected chi connectivity index (χ2v) is 11.6. The van der Waals surface area contributed by atoms with Gasteiger partial charge in [-0.3, -0.25) is 4.98 Å². The molecule has 2 aromatic carbocycles. The maximum Gasteiger partial charge on any atom is 0.417 e. The molecule has 0 N–H and O–H groups in total. The standard InChI is InChI=1S/C28H27F3N4O3S/c1-34(16-19-3-10-24(38-2)11-4-19)39(36,37)25-12-5-20(13-22-7-6-21(15-32-22)28(29,30)31)26(14-25)27-17-35(18-33-27)23-8-9-23/h3-7,10-12,14-15,17-18,23H,8-9,13,16H2,1-2H3. The van der Waals surface area contributed by atoms with E-state index >= 15 is 0 Å². The van der Waals surface area contributed by atoms with Crippen molar-refractivity contribution < 1.29 is 26.3 Å². The van der Waals surface area contributed by atoms with Crippen LogP contribution in [0.4, 0.5) is 13.2 Å². The van der Waals surface area contributed by atoms with Gasteiger partial charge in [0, 0.05) is 49.7 Å². The van der Waals surface area contributed by atoms with Crippen LogP contribution < -0.4 is 4.74 Å². The minimum Gasteiger partial charge on any atom is -0.497 e. The van der Waals surface area contributed by atoms with E-state index in [1.807, 2.05) is 10.8 Å². The molecule has 5 rings (SSSR count). The lowest BCUT2D eigenvalue weighted by Gasteiger charge is -2.19. The molecule has 0 spiro atoms. The molecule has 39 heavy (non-hydrogen) atoms. The highest BCUT2D eigenvalue weighted by atomic mass is 32.2. The van der Waals surface area contributed by atoms with Gasteiger partial charge in [0.15, 0.2) is 0 Å². The number of pyridine rings is 1. The van der Waals surface area contributed by atoms with Gasteiger partial charge in [-0.25, -0.2) is 13.4 Å². The largest absolute Gasteiger partial charge is 0.497 e. The molecule has 1 aliphatic carbocycles. The summed E-state index contributed by atoms with van der Waals surface area (Å²) in [4.78, 5) is 8.61. The van der Waals surface area contributed by atoms with Crippen LogP contribution in [0.5, 0.6) is 5.75 Å². The fraction of sp³-hybridized carbons (Fsp3) is 0.286. The van der Waals surface area contributed by atoms with Gasteiger partial charge in [0.2, 0.25) is 10.0 Å². The molecule has 0 amide bonds. The fourth-order valence-electron chi connectivity index (χ4n) is 4.30. The van der Waals surface area contributed by atoms with Gasteiger partial charge >= 0.3 is 6.18 Å². The number of alkyl halides is 3. The summed E-state index contributed by atoms with van der Waals surface area (Å²) in [5, 5.41) is 0. The minimum atomic E-state index is -4.47. The molecule has 2 aromatic heterocycles. The molecule has 1 aliphatic rings. The first-order valence-electron chi connectivity index (χ1n) is 12.3. The van der Waals surface area contributed by atoms with E-state index in [2.05, 4.69) is 9.97 Å². The fourth-order valence-corrected chi connectivity index (χ4v) is 5.49. The van der Waals surface area contributed by atoms with Gasteiger partial charge in [0.25, 0.3) is 0 Å². The van der Waals surface area contributed by atoms with E-state index in [9.17, 15) is 21.6 Å². The quantitative estimate of drug-likeness (QED) is 0.264. The Hall–Kier alpha value is -3.70. The summed E-state index contributed by atoms with van der Waals surface area (Å²) in [7, 11) is -0.787. The van der Waals surface area contributed by atoms with Crippen molar-refractivity contribution in [3.8, 4) is 17.0 Å². The Morgan fingerprint density at radius 2 is 1.79 bits per heavy atom. The Balaban J connectivity index is 1.46. The van der Waals surface area contributed by atoms with Crippen molar-refractivity contribution in [1.29, 1.82) is 0 Å². The summed E-state index contributed by atoms with van der Waals surface area (Å²) in [6, 6.07) is 14.6. The number of sulfonamides is 1. The zero-order valence-electron chi connectivity index (χ0n) is 21.4. The molecule has 0 radical (unpaired) electrons. The van der Waals surface area contributed by atoms with E-state index in [0.29, 0.717) is 34.3 Å². The highest BCUT2D eigenvalue weighted by Crippen LogP contribution is 2.37. The Morgan fingerprint density at radius 1 is 1.05 bits per heavy atom. The molecule has 1 saturated carbocycles. The van der Waals surface area contributed by atoms with E-state index in [1.54, 1.807) is 49.8 Å². The number of aromatic nitrogens is 3. The third-order valence-electron chi connectivity index (χ3n) is 6.72. The van der Waals surface area contributed by atoms with Crippen LogP contribution in [0.25, 0.3) is 11.3 Å². The summed E-state index contributed by atoms with van der Waals surface area (Å²) < 4.78 is 74.4. The average molecular weight is 557 g/mol. The van der Waals surface area contributed by atoms with E-state index in [-0.39, 0.29) is 17.9 Å². The third-order valence-corrected chi connectivity index (χ3v) is 8.52. The third kappa shape index (κ3) is 5.99.